The minimum Gasteiger partial charge on any atom is -0.453 e. The smallest absolute Gasteiger partial charge is 0.231 e. The number of fused-ring (bicyclic) bond motifs is 1. The second-order valence-electron chi connectivity index (χ2n) is 4.20. The Kier molecular flexibility index (Phi) is 2.64. The molecular weight excluding hydrogens is 260 g/mol. The maximum absolute atomic E-state index is 9.34. The number of hydrogen-bond acceptors (Lipinski definition) is 3. The van der Waals surface area contributed by atoms with Gasteiger partial charge in [-0.2, -0.15) is 0 Å². The van der Waals surface area contributed by atoms with Crippen molar-refractivity contribution in [1.29, 1.82) is 0 Å². The summed E-state index contributed by atoms with van der Waals surface area (Å²) in [5.41, 5.74) is 0.652. The number of halogens is 1. The number of ether oxygens (including phenoxy) is 2. The second-order valence-corrected chi connectivity index (χ2v) is 5.06. The zero-order chi connectivity index (χ0) is 11.1. The van der Waals surface area contributed by atoms with Crippen molar-refractivity contribution in [2.75, 3.05) is 13.4 Å². The molecule has 0 saturated heterocycles. The van der Waals surface area contributed by atoms with Crippen LogP contribution in [0.1, 0.15) is 19.4 Å². The fraction of sp³-hybridized carbons (Fsp3) is 0.455. The Hall–Kier alpha value is -0.740. The number of rotatable bonds is 2. The van der Waals surface area contributed by atoms with Gasteiger partial charge in [0.1, 0.15) is 0 Å². The molecule has 3 nitrogen and oxygen atoms in total. The largest absolute Gasteiger partial charge is 0.453 e. The molecule has 1 aromatic carbocycles. The number of benzene rings is 1. The van der Waals surface area contributed by atoms with Crippen molar-refractivity contribution in [2.45, 2.75) is 19.3 Å². The third kappa shape index (κ3) is 1.72. The van der Waals surface area contributed by atoms with E-state index in [1.54, 1.807) is 0 Å². The van der Waals surface area contributed by atoms with E-state index in [0.717, 1.165) is 21.5 Å². The molecule has 0 amide bonds. The average Bonchev–Trinajstić information content (AvgIpc) is 2.67. The van der Waals surface area contributed by atoms with Gasteiger partial charge in [-0.05, 0) is 22.0 Å². The molecular formula is C11H13BrO3. The summed E-state index contributed by atoms with van der Waals surface area (Å²) < 4.78 is 11.7. The Morgan fingerprint density at radius 1 is 1.33 bits per heavy atom. The average molecular weight is 273 g/mol. The SMILES string of the molecule is CC(C)(CO)c1ccc(Br)c2c1OCO2. The van der Waals surface area contributed by atoms with Gasteiger partial charge in [-0.15, -0.1) is 0 Å². The monoisotopic (exact) mass is 272 g/mol. The van der Waals surface area contributed by atoms with Gasteiger partial charge < -0.3 is 14.6 Å². The van der Waals surface area contributed by atoms with Crippen LogP contribution in [0.5, 0.6) is 11.5 Å². The van der Waals surface area contributed by atoms with Gasteiger partial charge in [0.2, 0.25) is 6.79 Å². The molecule has 0 spiro atoms. The summed E-state index contributed by atoms with van der Waals surface area (Å²) >= 11 is 3.40. The lowest BCUT2D eigenvalue weighted by Gasteiger charge is -2.23. The van der Waals surface area contributed by atoms with Gasteiger partial charge in [0, 0.05) is 11.0 Å². The van der Waals surface area contributed by atoms with Crippen LogP contribution in [0.15, 0.2) is 16.6 Å². The molecule has 1 aliphatic rings. The lowest BCUT2D eigenvalue weighted by atomic mass is 9.85. The standard InChI is InChI=1S/C11H13BrO3/c1-11(2,5-13)7-3-4-8(12)10-9(7)14-6-15-10/h3-4,13H,5-6H2,1-2H3. The molecule has 82 valence electrons. The number of hydrogen-bond donors (Lipinski definition) is 1. The highest BCUT2D eigenvalue weighted by Crippen LogP contribution is 2.45. The van der Waals surface area contributed by atoms with E-state index in [-0.39, 0.29) is 18.8 Å². The Labute approximate surface area is 97.1 Å². The predicted molar refractivity (Wildman–Crippen MR) is 60.4 cm³/mol. The molecule has 1 aromatic rings. The van der Waals surface area contributed by atoms with Crippen molar-refractivity contribution >= 4 is 15.9 Å². The fourth-order valence-corrected chi connectivity index (χ4v) is 2.01. The Morgan fingerprint density at radius 3 is 2.67 bits per heavy atom. The third-order valence-corrected chi connectivity index (χ3v) is 3.22. The predicted octanol–water partition coefficient (Wildman–Crippen LogP) is 2.45. The van der Waals surface area contributed by atoms with Gasteiger partial charge in [0.25, 0.3) is 0 Å². The zero-order valence-corrected chi connectivity index (χ0v) is 10.3. The molecule has 0 saturated carbocycles. The highest BCUT2D eigenvalue weighted by Gasteiger charge is 2.29. The van der Waals surface area contributed by atoms with Crippen molar-refractivity contribution in [3.8, 4) is 11.5 Å². The highest BCUT2D eigenvalue weighted by molar-refractivity contribution is 9.10. The maximum atomic E-state index is 9.34. The normalized spacial score (nSPS) is 14.4. The van der Waals surface area contributed by atoms with E-state index < -0.39 is 0 Å². The van der Waals surface area contributed by atoms with Gasteiger partial charge >= 0.3 is 0 Å². The summed E-state index contributed by atoms with van der Waals surface area (Å²) in [5.74, 6) is 1.47. The van der Waals surface area contributed by atoms with Gasteiger partial charge in [0.15, 0.2) is 11.5 Å². The summed E-state index contributed by atoms with van der Waals surface area (Å²) in [4.78, 5) is 0. The van der Waals surface area contributed by atoms with Crippen LogP contribution in [-0.4, -0.2) is 18.5 Å². The van der Waals surface area contributed by atoms with E-state index in [2.05, 4.69) is 15.9 Å². The number of aliphatic hydroxyl groups excluding tert-OH is 1. The lowest BCUT2D eigenvalue weighted by molar-refractivity contribution is 0.168. The first-order valence-corrected chi connectivity index (χ1v) is 5.55. The van der Waals surface area contributed by atoms with Crippen LogP contribution in [0.2, 0.25) is 0 Å². The van der Waals surface area contributed by atoms with Crippen LogP contribution < -0.4 is 9.47 Å². The van der Waals surface area contributed by atoms with Crippen LogP contribution in [-0.2, 0) is 5.41 Å². The summed E-state index contributed by atoms with van der Waals surface area (Å²) in [6, 6.07) is 3.87. The Morgan fingerprint density at radius 2 is 2.00 bits per heavy atom. The van der Waals surface area contributed by atoms with Crippen LogP contribution in [0.3, 0.4) is 0 Å². The van der Waals surface area contributed by atoms with Gasteiger partial charge in [-0.1, -0.05) is 19.9 Å². The van der Waals surface area contributed by atoms with E-state index in [0.29, 0.717) is 0 Å². The molecule has 0 unspecified atom stereocenters. The lowest BCUT2D eigenvalue weighted by Crippen LogP contribution is -2.22. The van der Waals surface area contributed by atoms with E-state index in [4.69, 9.17) is 9.47 Å². The van der Waals surface area contributed by atoms with Crippen LogP contribution in [0, 0.1) is 0 Å². The third-order valence-electron chi connectivity index (χ3n) is 2.60. The molecule has 1 aliphatic heterocycles. The van der Waals surface area contributed by atoms with Crippen molar-refractivity contribution in [1.82, 2.24) is 0 Å². The minimum absolute atomic E-state index is 0.0738. The first-order valence-electron chi connectivity index (χ1n) is 4.76. The fourth-order valence-electron chi connectivity index (χ4n) is 1.58. The van der Waals surface area contributed by atoms with E-state index in [1.165, 1.54) is 0 Å². The summed E-state index contributed by atoms with van der Waals surface area (Å²) in [7, 11) is 0. The summed E-state index contributed by atoms with van der Waals surface area (Å²) in [6.45, 7) is 4.26. The van der Waals surface area contributed by atoms with Gasteiger partial charge in [-0.25, -0.2) is 0 Å². The van der Waals surface area contributed by atoms with E-state index >= 15 is 0 Å². The molecule has 2 rings (SSSR count). The first kappa shape index (κ1) is 10.8. The van der Waals surface area contributed by atoms with Gasteiger partial charge in [0.05, 0.1) is 11.1 Å². The minimum atomic E-state index is -0.321. The maximum Gasteiger partial charge on any atom is 0.231 e. The molecule has 15 heavy (non-hydrogen) atoms. The molecule has 1 N–H and O–H groups in total. The Balaban J connectivity index is 2.55. The molecule has 0 aliphatic carbocycles. The topological polar surface area (TPSA) is 38.7 Å². The molecule has 0 bridgehead atoms. The zero-order valence-electron chi connectivity index (χ0n) is 8.71. The quantitative estimate of drug-likeness (QED) is 0.899. The molecule has 1 heterocycles. The van der Waals surface area contributed by atoms with Crippen LogP contribution >= 0.6 is 15.9 Å². The summed E-state index contributed by atoms with van der Waals surface area (Å²) in [6.07, 6.45) is 0. The molecule has 0 radical (unpaired) electrons. The van der Waals surface area contributed by atoms with Crippen molar-refractivity contribution in [2.24, 2.45) is 0 Å². The van der Waals surface area contributed by atoms with Crippen LogP contribution in [0.25, 0.3) is 0 Å². The van der Waals surface area contributed by atoms with E-state index in [9.17, 15) is 5.11 Å². The Bertz CT molecular complexity index is 388. The molecule has 0 fully saturated rings. The van der Waals surface area contributed by atoms with Crippen molar-refractivity contribution < 1.29 is 14.6 Å². The van der Waals surface area contributed by atoms with Crippen molar-refractivity contribution in [3.63, 3.8) is 0 Å². The molecule has 4 heteroatoms. The van der Waals surface area contributed by atoms with Crippen LogP contribution in [0.4, 0.5) is 0 Å². The summed E-state index contributed by atoms with van der Waals surface area (Å²) in [5, 5.41) is 9.34. The number of aliphatic hydroxyl groups is 1. The second kappa shape index (κ2) is 3.68. The molecule has 0 atom stereocenters. The van der Waals surface area contributed by atoms with Crippen molar-refractivity contribution in [3.05, 3.63) is 22.2 Å². The first-order chi connectivity index (χ1) is 7.06. The molecule has 0 aromatic heterocycles. The highest BCUT2D eigenvalue weighted by atomic mass is 79.9. The van der Waals surface area contributed by atoms with E-state index in [1.807, 2.05) is 26.0 Å². The van der Waals surface area contributed by atoms with Gasteiger partial charge in [-0.3, -0.25) is 0 Å².